The predicted octanol–water partition coefficient (Wildman–Crippen LogP) is 2.38. The van der Waals surface area contributed by atoms with E-state index in [-0.39, 0.29) is 0 Å². The summed E-state index contributed by atoms with van der Waals surface area (Å²) in [6, 6.07) is 2.38. The lowest BCUT2D eigenvalue weighted by molar-refractivity contribution is 0.492. The van der Waals surface area contributed by atoms with Crippen LogP contribution in [-0.4, -0.2) is 32.6 Å². The van der Waals surface area contributed by atoms with Gasteiger partial charge in [0.2, 0.25) is 0 Å². The molecule has 6 heteroatoms. The zero-order valence-electron chi connectivity index (χ0n) is 12.4. The largest absolute Gasteiger partial charge is 0.306 e. The number of aromatic nitrogens is 3. The summed E-state index contributed by atoms with van der Waals surface area (Å²) in [7, 11) is 0. The van der Waals surface area contributed by atoms with E-state index in [2.05, 4.69) is 33.1 Å². The Bertz CT molecular complexity index is 478. The van der Waals surface area contributed by atoms with Crippen molar-refractivity contribution in [2.75, 3.05) is 12.3 Å². The average molecular weight is 293 g/mol. The van der Waals surface area contributed by atoms with Crippen LogP contribution in [0.25, 0.3) is 0 Å². The molecule has 1 aliphatic rings. The Morgan fingerprint density at radius 1 is 1.40 bits per heavy atom. The first-order chi connectivity index (χ1) is 9.68. The van der Waals surface area contributed by atoms with E-state index >= 15 is 0 Å². The molecule has 0 radical (unpaired) electrons. The van der Waals surface area contributed by atoms with Gasteiger partial charge in [-0.2, -0.15) is 5.26 Å². The van der Waals surface area contributed by atoms with Gasteiger partial charge in [0.15, 0.2) is 5.16 Å². The van der Waals surface area contributed by atoms with E-state index in [0.29, 0.717) is 5.75 Å². The Kier molecular flexibility index (Phi) is 5.44. The van der Waals surface area contributed by atoms with Crippen LogP contribution in [0.1, 0.15) is 45.4 Å². The van der Waals surface area contributed by atoms with E-state index in [4.69, 9.17) is 0 Å². The van der Waals surface area contributed by atoms with Gasteiger partial charge in [-0.1, -0.05) is 25.1 Å². The topological polar surface area (TPSA) is 66.5 Å². The first-order valence-electron chi connectivity index (χ1n) is 7.39. The summed E-state index contributed by atoms with van der Waals surface area (Å²) in [5, 5.41) is 22.2. The highest BCUT2D eigenvalue weighted by Gasteiger charge is 2.25. The van der Waals surface area contributed by atoms with Crippen LogP contribution in [0.3, 0.4) is 0 Å². The van der Waals surface area contributed by atoms with Gasteiger partial charge in [0.05, 0.1) is 6.07 Å². The first kappa shape index (κ1) is 15.3. The second-order valence-electron chi connectivity index (χ2n) is 5.52. The molecule has 20 heavy (non-hydrogen) atoms. The number of hydrogen-bond donors (Lipinski definition) is 1. The quantitative estimate of drug-likeness (QED) is 0.816. The highest BCUT2D eigenvalue weighted by atomic mass is 32.2. The van der Waals surface area contributed by atoms with Crippen LogP contribution in [0.2, 0.25) is 0 Å². The highest BCUT2D eigenvalue weighted by molar-refractivity contribution is 7.99. The van der Waals surface area contributed by atoms with Crippen LogP contribution in [0.4, 0.5) is 0 Å². The summed E-state index contributed by atoms with van der Waals surface area (Å²) in [4.78, 5) is 0. The molecule has 0 amide bonds. The Morgan fingerprint density at radius 3 is 3.00 bits per heavy atom. The van der Waals surface area contributed by atoms with Crippen LogP contribution in [-0.2, 0) is 13.0 Å². The van der Waals surface area contributed by atoms with Crippen LogP contribution >= 0.6 is 11.8 Å². The van der Waals surface area contributed by atoms with Gasteiger partial charge in [-0.25, -0.2) is 0 Å². The van der Waals surface area contributed by atoms with Gasteiger partial charge in [0.1, 0.15) is 11.4 Å². The number of rotatable bonds is 6. The maximum Gasteiger partial charge on any atom is 0.191 e. The van der Waals surface area contributed by atoms with Crippen molar-refractivity contribution < 1.29 is 0 Å². The van der Waals surface area contributed by atoms with Crippen molar-refractivity contribution in [3.8, 4) is 6.07 Å². The van der Waals surface area contributed by atoms with Gasteiger partial charge in [-0.15, -0.1) is 10.2 Å². The molecule has 0 spiro atoms. The molecule has 0 aliphatic carbocycles. The molecule has 110 valence electrons. The molecule has 1 atom stereocenters. The lowest BCUT2D eigenvalue weighted by Gasteiger charge is -2.22. The van der Waals surface area contributed by atoms with Gasteiger partial charge in [-0.05, 0) is 32.7 Å². The van der Waals surface area contributed by atoms with E-state index in [0.717, 1.165) is 36.9 Å². The molecule has 1 unspecified atom stereocenters. The average Bonchev–Trinajstić information content (AvgIpc) is 2.70. The van der Waals surface area contributed by atoms with Crippen molar-refractivity contribution in [2.45, 2.75) is 63.2 Å². The van der Waals surface area contributed by atoms with Crippen molar-refractivity contribution in [1.29, 1.82) is 5.26 Å². The van der Waals surface area contributed by atoms with E-state index in [9.17, 15) is 5.26 Å². The summed E-state index contributed by atoms with van der Waals surface area (Å²) in [6.07, 6.45) is 5.72. The Morgan fingerprint density at radius 2 is 2.25 bits per heavy atom. The third-order valence-corrected chi connectivity index (χ3v) is 4.86. The normalized spacial score (nSPS) is 17.9. The number of nitriles is 1. The lowest BCUT2D eigenvalue weighted by atomic mass is 10.1. The van der Waals surface area contributed by atoms with Gasteiger partial charge in [0, 0.05) is 18.7 Å². The van der Waals surface area contributed by atoms with Gasteiger partial charge < -0.3 is 4.57 Å². The molecule has 0 fully saturated rings. The molecule has 0 saturated carbocycles. The minimum Gasteiger partial charge on any atom is -0.306 e. The fraction of sp³-hybridized carbons (Fsp3) is 0.786. The fourth-order valence-corrected chi connectivity index (χ4v) is 3.33. The molecule has 2 heterocycles. The third kappa shape index (κ3) is 3.74. The van der Waals surface area contributed by atoms with Crippen LogP contribution in [0.15, 0.2) is 5.16 Å². The maximum atomic E-state index is 9.36. The second-order valence-corrected chi connectivity index (χ2v) is 6.46. The molecule has 1 N–H and O–H groups in total. The fourth-order valence-electron chi connectivity index (χ4n) is 2.30. The molecular weight excluding hydrogens is 270 g/mol. The van der Waals surface area contributed by atoms with Crippen molar-refractivity contribution in [3.05, 3.63) is 5.82 Å². The first-order valence-corrected chi connectivity index (χ1v) is 8.38. The van der Waals surface area contributed by atoms with Crippen molar-refractivity contribution in [2.24, 2.45) is 0 Å². The predicted molar refractivity (Wildman–Crippen MR) is 80.6 cm³/mol. The number of nitrogens with zero attached hydrogens (tertiary/aromatic N) is 4. The Labute approximate surface area is 125 Å². The standard InChI is InChI=1S/C14H23N5S/c1-3-8-16-14(2,10-15)11-20-13-18-17-12-7-5-4-6-9-19(12)13/h16H,3-9,11H2,1-2H3. The molecule has 1 aromatic heterocycles. The van der Waals surface area contributed by atoms with Crippen molar-refractivity contribution in [1.82, 2.24) is 20.1 Å². The van der Waals surface area contributed by atoms with Crippen LogP contribution < -0.4 is 5.32 Å². The number of hydrogen-bond acceptors (Lipinski definition) is 5. The highest BCUT2D eigenvalue weighted by Crippen LogP contribution is 2.24. The Balaban J connectivity index is 2.00. The van der Waals surface area contributed by atoms with E-state index < -0.39 is 5.54 Å². The summed E-state index contributed by atoms with van der Waals surface area (Å²) in [5.74, 6) is 1.80. The lowest BCUT2D eigenvalue weighted by Crippen LogP contribution is -2.43. The third-order valence-electron chi connectivity index (χ3n) is 3.58. The monoisotopic (exact) mass is 293 g/mol. The SMILES string of the molecule is CCCNC(C)(C#N)CSc1nnc2n1CCCCC2. The van der Waals surface area contributed by atoms with Gasteiger partial charge >= 0.3 is 0 Å². The minimum absolute atomic E-state index is 0.502. The molecular formula is C14H23N5S. The van der Waals surface area contributed by atoms with E-state index in [1.54, 1.807) is 11.8 Å². The molecule has 0 bridgehead atoms. The van der Waals surface area contributed by atoms with Crippen molar-refractivity contribution in [3.63, 3.8) is 0 Å². The number of thioether (sulfide) groups is 1. The van der Waals surface area contributed by atoms with Crippen molar-refractivity contribution >= 4 is 11.8 Å². The molecule has 0 aromatic carbocycles. The van der Waals surface area contributed by atoms with E-state index in [1.807, 2.05) is 6.92 Å². The summed E-state index contributed by atoms with van der Waals surface area (Å²) in [6.45, 7) is 5.94. The zero-order chi connectivity index (χ0) is 14.4. The molecule has 2 rings (SSSR count). The zero-order valence-corrected chi connectivity index (χ0v) is 13.2. The van der Waals surface area contributed by atoms with Gasteiger partial charge in [-0.3, -0.25) is 5.32 Å². The molecule has 5 nitrogen and oxygen atoms in total. The van der Waals surface area contributed by atoms with Crippen LogP contribution in [0, 0.1) is 11.3 Å². The van der Waals surface area contributed by atoms with E-state index in [1.165, 1.54) is 19.3 Å². The maximum absolute atomic E-state index is 9.36. The summed E-state index contributed by atoms with van der Waals surface area (Å²) >= 11 is 1.64. The van der Waals surface area contributed by atoms with Gasteiger partial charge in [0.25, 0.3) is 0 Å². The Hall–Kier alpha value is -1.06. The number of nitrogens with one attached hydrogen (secondary N) is 1. The molecule has 1 aromatic rings. The minimum atomic E-state index is -0.502. The number of fused-ring (bicyclic) bond motifs is 1. The summed E-state index contributed by atoms with van der Waals surface area (Å²) in [5.41, 5.74) is -0.502. The number of aryl methyl sites for hydroxylation is 1. The smallest absolute Gasteiger partial charge is 0.191 e. The molecule has 1 aliphatic heterocycles. The second kappa shape index (κ2) is 7.09. The van der Waals surface area contributed by atoms with Crippen LogP contribution in [0.5, 0.6) is 0 Å². The molecule has 0 saturated heterocycles. The summed E-state index contributed by atoms with van der Waals surface area (Å²) < 4.78 is 2.23.